The topological polar surface area (TPSA) is 73.9 Å². The maximum atomic E-state index is 12.7. The molecule has 2 aromatic carbocycles. The van der Waals surface area contributed by atoms with E-state index in [4.69, 9.17) is 25.8 Å². The van der Waals surface area contributed by atoms with Crippen LogP contribution in [0.4, 0.5) is 0 Å². The van der Waals surface area contributed by atoms with Crippen LogP contribution in [0.1, 0.15) is 16.8 Å². The minimum absolute atomic E-state index is 0.0860. The van der Waals surface area contributed by atoms with Crippen molar-refractivity contribution in [3.05, 3.63) is 83.6 Å². The van der Waals surface area contributed by atoms with E-state index in [1.54, 1.807) is 61.7 Å². The second kappa shape index (κ2) is 8.94. The fraction of sp³-hybridized carbons (Fsp3) is 0.182. The van der Waals surface area contributed by atoms with Crippen molar-refractivity contribution in [2.45, 2.75) is 11.5 Å². The van der Waals surface area contributed by atoms with Gasteiger partial charge < -0.3 is 19.5 Å². The van der Waals surface area contributed by atoms with Gasteiger partial charge in [0.05, 0.1) is 12.7 Å². The highest BCUT2D eigenvalue weighted by atomic mass is 35.5. The number of ether oxygens (including phenoxy) is 3. The number of hydrogen-bond donors (Lipinski definition) is 1. The number of rotatable bonds is 6. The van der Waals surface area contributed by atoms with Crippen LogP contribution in [0.25, 0.3) is 0 Å². The Kier molecular flexibility index (Phi) is 6.36. The van der Waals surface area contributed by atoms with Crippen molar-refractivity contribution >= 4 is 23.5 Å². The van der Waals surface area contributed by atoms with Crippen molar-refractivity contribution in [2.24, 2.45) is 0 Å². The summed E-state index contributed by atoms with van der Waals surface area (Å²) >= 11 is 6.39. The first-order valence-electron chi connectivity index (χ1n) is 8.83. The van der Waals surface area contributed by atoms with E-state index in [1.807, 2.05) is 6.07 Å². The van der Waals surface area contributed by atoms with Gasteiger partial charge in [0.2, 0.25) is 0 Å². The standard InChI is InChI=1S/C22H20ClNO5/c1-27-16-10-8-15(9-11-16)20(25)24-19-14-22(23,28-2)13-12-18(19)21(26)29-17-6-4-3-5-7-17/h3-13H,14H2,1-2H3,(H,24,25). The van der Waals surface area contributed by atoms with E-state index in [-0.39, 0.29) is 12.0 Å². The van der Waals surface area contributed by atoms with Crippen LogP contribution in [0.3, 0.4) is 0 Å². The van der Waals surface area contributed by atoms with Gasteiger partial charge in [0.25, 0.3) is 5.91 Å². The van der Waals surface area contributed by atoms with Crippen LogP contribution in [0, 0.1) is 0 Å². The number of benzene rings is 2. The summed E-state index contributed by atoms with van der Waals surface area (Å²) < 4.78 is 15.8. The minimum atomic E-state index is -1.17. The Balaban J connectivity index is 1.86. The SMILES string of the molecule is COc1ccc(C(=O)NC2=C(C(=O)Oc3ccccc3)C=CC(Cl)(OC)C2)cc1. The summed E-state index contributed by atoms with van der Waals surface area (Å²) in [5.74, 6) is 0.0340. The Labute approximate surface area is 173 Å². The fourth-order valence-electron chi connectivity index (χ4n) is 2.75. The molecule has 29 heavy (non-hydrogen) atoms. The monoisotopic (exact) mass is 413 g/mol. The van der Waals surface area contributed by atoms with Crippen molar-refractivity contribution in [2.75, 3.05) is 14.2 Å². The molecule has 0 saturated heterocycles. The first-order chi connectivity index (χ1) is 13.9. The number of carbonyl (C=O) groups is 2. The van der Waals surface area contributed by atoms with Crippen LogP contribution in [0.2, 0.25) is 0 Å². The third kappa shape index (κ3) is 5.04. The number of hydrogen-bond acceptors (Lipinski definition) is 5. The first-order valence-corrected chi connectivity index (χ1v) is 9.21. The molecule has 0 radical (unpaired) electrons. The molecule has 0 saturated carbocycles. The second-order valence-electron chi connectivity index (χ2n) is 6.28. The van der Waals surface area contributed by atoms with Gasteiger partial charge in [-0.1, -0.05) is 29.8 Å². The van der Waals surface area contributed by atoms with E-state index in [0.717, 1.165) is 0 Å². The van der Waals surface area contributed by atoms with Crippen molar-refractivity contribution in [1.82, 2.24) is 5.32 Å². The third-order valence-electron chi connectivity index (χ3n) is 4.37. The van der Waals surface area contributed by atoms with Crippen LogP contribution in [0.5, 0.6) is 11.5 Å². The molecule has 0 aromatic heterocycles. The number of para-hydroxylation sites is 1. The van der Waals surface area contributed by atoms with Gasteiger partial charge in [-0.05, 0) is 48.6 Å². The van der Waals surface area contributed by atoms with Gasteiger partial charge >= 0.3 is 5.97 Å². The largest absolute Gasteiger partial charge is 0.497 e. The number of alkyl halides is 1. The van der Waals surface area contributed by atoms with Gasteiger partial charge in [0.1, 0.15) is 11.5 Å². The molecule has 0 bridgehead atoms. The van der Waals surface area contributed by atoms with Crippen LogP contribution in [0.15, 0.2) is 78.0 Å². The normalized spacial score (nSPS) is 18.3. The molecule has 1 unspecified atom stereocenters. The molecule has 0 spiro atoms. The highest BCUT2D eigenvalue weighted by Crippen LogP contribution is 2.33. The Morgan fingerprint density at radius 3 is 2.31 bits per heavy atom. The quantitative estimate of drug-likeness (QED) is 0.442. The highest BCUT2D eigenvalue weighted by molar-refractivity contribution is 6.24. The van der Waals surface area contributed by atoms with Crippen molar-refractivity contribution < 1.29 is 23.8 Å². The molecular formula is C22H20ClNO5. The summed E-state index contributed by atoms with van der Waals surface area (Å²) in [5.41, 5.74) is 0.913. The predicted octanol–water partition coefficient (Wildman–Crippen LogP) is 3.83. The average molecular weight is 414 g/mol. The molecule has 0 aliphatic heterocycles. The Morgan fingerprint density at radius 1 is 1.00 bits per heavy atom. The highest BCUT2D eigenvalue weighted by Gasteiger charge is 2.33. The van der Waals surface area contributed by atoms with Gasteiger partial charge in [0.15, 0.2) is 5.06 Å². The van der Waals surface area contributed by atoms with Gasteiger partial charge in [-0.25, -0.2) is 4.79 Å². The molecule has 0 heterocycles. The Bertz CT molecular complexity index is 953. The van der Waals surface area contributed by atoms with E-state index in [0.29, 0.717) is 22.8 Å². The first kappa shape index (κ1) is 20.6. The van der Waals surface area contributed by atoms with Gasteiger partial charge in [-0.15, -0.1) is 0 Å². The molecule has 1 N–H and O–H groups in total. The maximum Gasteiger partial charge on any atom is 0.345 e. The summed E-state index contributed by atoms with van der Waals surface area (Å²) in [7, 11) is 3.00. The summed E-state index contributed by atoms with van der Waals surface area (Å²) in [6.45, 7) is 0. The number of carbonyl (C=O) groups excluding carboxylic acids is 2. The van der Waals surface area contributed by atoms with E-state index in [2.05, 4.69) is 5.32 Å². The predicted molar refractivity (Wildman–Crippen MR) is 109 cm³/mol. The summed E-state index contributed by atoms with van der Waals surface area (Å²) in [5, 5.41) is 1.59. The van der Waals surface area contributed by atoms with Crippen LogP contribution in [-0.4, -0.2) is 31.2 Å². The summed E-state index contributed by atoms with van der Waals surface area (Å²) in [4.78, 5) is 25.4. The molecule has 1 atom stereocenters. The second-order valence-corrected chi connectivity index (χ2v) is 6.92. The van der Waals surface area contributed by atoms with Crippen molar-refractivity contribution in [3.63, 3.8) is 0 Å². The zero-order valence-corrected chi connectivity index (χ0v) is 16.7. The van der Waals surface area contributed by atoms with Gasteiger partial charge in [-0.2, -0.15) is 0 Å². The zero-order valence-electron chi connectivity index (χ0n) is 16.0. The summed E-state index contributed by atoms with van der Waals surface area (Å²) in [6.07, 6.45) is 3.14. The number of amides is 1. The molecule has 0 fully saturated rings. The van der Waals surface area contributed by atoms with E-state index in [1.165, 1.54) is 13.2 Å². The molecule has 2 aromatic rings. The molecule has 6 nitrogen and oxygen atoms in total. The summed E-state index contributed by atoms with van der Waals surface area (Å²) in [6, 6.07) is 15.3. The Hall–Kier alpha value is -3.09. The maximum absolute atomic E-state index is 12.7. The molecule has 3 rings (SSSR count). The third-order valence-corrected chi connectivity index (χ3v) is 4.79. The lowest BCUT2D eigenvalue weighted by molar-refractivity contribution is -0.129. The number of halogens is 1. The van der Waals surface area contributed by atoms with E-state index in [9.17, 15) is 9.59 Å². The average Bonchev–Trinajstić information content (AvgIpc) is 2.74. The van der Waals surface area contributed by atoms with Crippen LogP contribution < -0.4 is 14.8 Å². The molecule has 1 amide bonds. The lowest BCUT2D eigenvalue weighted by atomic mass is 10.00. The van der Waals surface area contributed by atoms with Gasteiger partial charge in [0, 0.05) is 24.8 Å². The van der Waals surface area contributed by atoms with Crippen LogP contribution >= 0.6 is 11.6 Å². The zero-order chi connectivity index (χ0) is 20.9. The van der Waals surface area contributed by atoms with Crippen molar-refractivity contribution in [1.29, 1.82) is 0 Å². The lowest BCUT2D eigenvalue weighted by Crippen LogP contribution is -2.34. The lowest BCUT2D eigenvalue weighted by Gasteiger charge is -2.28. The number of esters is 1. The van der Waals surface area contributed by atoms with Gasteiger partial charge in [-0.3, -0.25) is 4.79 Å². The van der Waals surface area contributed by atoms with E-state index >= 15 is 0 Å². The van der Waals surface area contributed by atoms with Crippen LogP contribution in [-0.2, 0) is 9.53 Å². The fourth-order valence-corrected chi connectivity index (χ4v) is 2.95. The molecule has 1 aliphatic carbocycles. The molecule has 7 heteroatoms. The van der Waals surface area contributed by atoms with Crippen molar-refractivity contribution in [3.8, 4) is 11.5 Å². The molecule has 1 aliphatic rings. The van der Waals surface area contributed by atoms with E-state index < -0.39 is 16.9 Å². The minimum Gasteiger partial charge on any atom is -0.497 e. The molecular weight excluding hydrogens is 394 g/mol. The Morgan fingerprint density at radius 2 is 1.69 bits per heavy atom. The number of methoxy groups -OCH3 is 2. The smallest absolute Gasteiger partial charge is 0.345 e. The molecule has 150 valence electrons. The number of nitrogens with one attached hydrogen (secondary N) is 1.